The Hall–Kier alpha value is -3.14. The van der Waals surface area contributed by atoms with Crippen molar-refractivity contribution in [1.82, 2.24) is 10.2 Å². The van der Waals surface area contributed by atoms with Crippen LogP contribution in [0.15, 0.2) is 72.8 Å². The van der Waals surface area contributed by atoms with Crippen molar-refractivity contribution in [2.75, 3.05) is 0 Å². The van der Waals surface area contributed by atoms with E-state index in [-0.39, 0.29) is 11.9 Å². The molecule has 1 aliphatic heterocycles. The van der Waals surface area contributed by atoms with Crippen molar-refractivity contribution in [3.63, 3.8) is 0 Å². The third kappa shape index (κ3) is 3.11. The minimum absolute atomic E-state index is 0.165. The quantitative estimate of drug-likeness (QED) is 0.744. The Labute approximate surface area is 146 Å². The number of carbonyl (C=O) groups is 2. The van der Waals surface area contributed by atoms with Crippen LogP contribution in [0.5, 0.6) is 0 Å². The smallest absolute Gasteiger partial charge is 0.325 e. The molecule has 4 rings (SSSR count). The number of imide groups is 1. The van der Waals surface area contributed by atoms with Gasteiger partial charge in [0.05, 0.1) is 6.54 Å². The highest BCUT2D eigenvalue weighted by molar-refractivity contribution is 6.04. The summed E-state index contributed by atoms with van der Waals surface area (Å²) in [6, 6.07) is 23.0. The fraction of sp³-hybridized carbons (Fsp3) is 0.143. The van der Waals surface area contributed by atoms with Gasteiger partial charge in [-0.25, -0.2) is 4.79 Å². The number of carbonyl (C=O) groups excluding carboxylic acids is 2. The second-order valence-corrected chi connectivity index (χ2v) is 6.30. The molecular weight excluding hydrogens is 312 g/mol. The van der Waals surface area contributed by atoms with Crippen molar-refractivity contribution >= 4 is 22.7 Å². The number of fused-ring (bicyclic) bond motifs is 1. The number of nitrogens with zero attached hydrogens (tertiary/aromatic N) is 1. The van der Waals surface area contributed by atoms with Crippen LogP contribution < -0.4 is 5.32 Å². The number of hydrogen-bond donors (Lipinski definition) is 1. The molecule has 1 N–H and O–H groups in total. The van der Waals surface area contributed by atoms with Crippen LogP contribution in [0.3, 0.4) is 0 Å². The lowest BCUT2D eigenvalue weighted by molar-refractivity contribution is -0.127. The Bertz CT molecular complexity index is 937. The van der Waals surface area contributed by atoms with Crippen molar-refractivity contribution in [3.8, 4) is 0 Å². The topological polar surface area (TPSA) is 49.4 Å². The minimum atomic E-state index is -0.490. The van der Waals surface area contributed by atoms with Crippen molar-refractivity contribution < 1.29 is 9.59 Å². The van der Waals surface area contributed by atoms with Crippen molar-refractivity contribution in [2.45, 2.75) is 19.0 Å². The van der Waals surface area contributed by atoms with Crippen LogP contribution >= 0.6 is 0 Å². The molecule has 124 valence electrons. The highest BCUT2D eigenvalue weighted by Gasteiger charge is 2.37. The highest BCUT2D eigenvalue weighted by Crippen LogP contribution is 2.19. The molecule has 1 heterocycles. The number of benzene rings is 3. The first-order chi connectivity index (χ1) is 12.2. The van der Waals surface area contributed by atoms with E-state index >= 15 is 0 Å². The fourth-order valence-corrected chi connectivity index (χ4v) is 3.23. The van der Waals surface area contributed by atoms with Gasteiger partial charge in [0.2, 0.25) is 0 Å². The van der Waals surface area contributed by atoms with Crippen LogP contribution in [-0.4, -0.2) is 22.9 Å². The van der Waals surface area contributed by atoms with Gasteiger partial charge in [0.15, 0.2) is 0 Å². The Kier molecular flexibility index (Phi) is 3.94. The van der Waals surface area contributed by atoms with E-state index in [4.69, 9.17) is 0 Å². The van der Waals surface area contributed by atoms with E-state index in [9.17, 15) is 9.59 Å². The molecule has 0 aromatic heterocycles. The third-order valence-corrected chi connectivity index (χ3v) is 4.54. The SMILES string of the molecule is O=C1N[C@@H](Cc2ccccc2)C(=O)N1Cc1ccc2ccccc2c1. The predicted molar refractivity (Wildman–Crippen MR) is 97.0 cm³/mol. The summed E-state index contributed by atoms with van der Waals surface area (Å²) in [4.78, 5) is 26.2. The van der Waals surface area contributed by atoms with Crippen molar-refractivity contribution in [1.29, 1.82) is 0 Å². The first kappa shape index (κ1) is 15.4. The number of amides is 3. The summed E-state index contributed by atoms with van der Waals surface area (Å²) < 4.78 is 0. The van der Waals surface area contributed by atoms with E-state index in [0.29, 0.717) is 13.0 Å². The lowest BCUT2D eigenvalue weighted by atomic mass is 10.1. The fourth-order valence-electron chi connectivity index (χ4n) is 3.23. The van der Waals surface area contributed by atoms with Gasteiger partial charge in [0.25, 0.3) is 5.91 Å². The van der Waals surface area contributed by atoms with Gasteiger partial charge in [0, 0.05) is 6.42 Å². The molecule has 1 fully saturated rings. The van der Waals surface area contributed by atoms with Crippen molar-refractivity contribution in [3.05, 3.63) is 83.9 Å². The third-order valence-electron chi connectivity index (χ3n) is 4.54. The summed E-state index contributed by atoms with van der Waals surface area (Å²) >= 11 is 0. The van der Waals surface area contributed by atoms with Crippen LogP contribution in [0, 0.1) is 0 Å². The molecule has 1 saturated heterocycles. The zero-order valence-corrected chi connectivity index (χ0v) is 13.7. The number of rotatable bonds is 4. The number of nitrogens with one attached hydrogen (secondary N) is 1. The van der Waals surface area contributed by atoms with E-state index in [1.807, 2.05) is 72.8 Å². The largest absolute Gasteiger partial charge is 0.325 e. The molecule has 4 heteroatoms. The van der Waals surface area contributed by atoms with Crippen molar-refractivity contribution in [2.24, 2.45) is 0 Å². The zero-order valence-electron chi connectivity index (χ0n) is 13.7. The number of urea groups is 1. The number of hydrogen-bond acceptors (Lipinski definition) is 2. The second-order valence-electron chi connectivity index (χ2n) is 6.30. The highest BCUT2D eigenvalue weighted by atomic mass is 16.2. The lowest BCUT2D eigenvalue weighted by Crippen LogP contribution is -2.32. The molecule has 0 saturated carbocycles. The van der Waals surface area contributed by atoms with E-state index in [0.717, 1.165) is 21.9 Å². The van der Waals surface area contributed by atoms with Crippen LogP contribution in [0.1, 0.15) is 11.1 Å². The van der Waals surface area contributed by atoms with Gasteiger partial charge in [-0.3, -0.25) is 9.69 Å². The maximum absolute atomic E-state index is 12.6. The molecular formula is C21H18N2O2. The normalized spacial score (nSPS) is 17.1. The minimum Gasteiger partial charge on any atom is -0.325 e. The van der Waals surface area contributed by atoms with Gasteiger partial charge in [-0.2, -0.15) is 0 Å². The average molecular weight is 330 g/mol. The molecule has 3 amide bonds. The molecule has 3 aromatic carbocycles. The van der Waals surface area contributed by atoms with Crippen LogP contribution in [-0.2, 0) is 17.8 Å². The summed E-state index contributed by atoms with van der Waals surface area (Å²) in [6.45, 7) is 0.292. The van der Waals surface area contributed by atoms with E-state index in [1.54, 1.807) is 0 Å². The molecule has 1 aliphatic rings. The van der Waals surface area contributed by atoms with E-state index in [2.05, 4.69) is 5.32 Å². The molecule has 0 aliphatic carbocycles. The summed E-state index contributed by atoms with van der Waals surface area (Å²) in [6.07, 6.45) is 0.514. The zero-order chi connectivity index (χ0) is 17.2. The average Bonchev–Trinajstić information content (AvgIpc) is 2.90. The monoisotopic (exact) mass is 330 g/mol. The van der Waals surface area contributed by atoms with E-state index in [1.165, 1.54) is 4.90 Å². The van der Waals surface area contributed by atoms with Gasteiger partial charge in [-0.05, 0) is 28.0 Å². The molecule has 4 nitrogen and oxygen atoms in total. The van der Waals surface area contributed by atoms with Gasteiger partial charge < -0.3 is 5.32 Å². The van der Waals surface area contributed by atoms with Gasteiger partial charge in [-0.15, -0.1) is 0 Å². The molecule has 0 spiro atoms. The summed E-state index contributed by atoms with van der Waals surface area (Å²) in [5.41, 5.74) is 1.98. The van der Waals surface area contributed by atoms with Crippen LogP contribution in [0.2, 0.25) is 0 Å². The lowest BCUT2D eigenvalue weighted by Gasteiger charge is -2.14. The standard InChI is InChI=1S/C21H18N2O2/c24-20-19(13-15-6-2-1-3-7-15)22-21(25)23(20)14-16-10-11-17-8-4-5-9-18(17)12-16/h1-12,19H,13-14H2,(H,22,25)/t19-/m0/s1. The van der Waals surface area contributed by atoms with Crippen LogP contribution in [0.25, 0.3) is 10.8 Å². The Morgan fingerprint density at radius 3 is 2.32 bits per heavy atom. The molecule has 0 bridgehead atoms. The van der Waals surface area contributed by atoms with Gasteiger partial charge >= 0.3 is 6.03 Å². The predicted octanol–water partition coefficient (Wildman–Crippen LogP) is 3.50. The first-order valence-corrected chi connectivity index (χ1v) is 8.34. The molecule has 1 atom stereocenters. The van der Waals surface area contributed by atoms with Gasteiger partial charge in [-0.1, -0.05) is 66.7 Å². The summed E-state index contributed by atoms with van der Waals surface area (Å²) in [7, 11) is 0. The van der Waals surface area contributed by atoms with Gasteiger partial charge in [0.1, 0.15) is 6.04 Å². The second kappa shape index (κ2) is 6.40. The van der Waals surface area contributed by atoms with Crippen LogP contribution in [0.4, 0.5) is 4.79 Å². The Balaban J connectivity index is 1.51. The molecule has 25 heavy (non-hydrogen) atoms. The summed E-state index contributed by atoms with van der Waals surface area (Å²) in [5.74, 6) is -0.165. The Morgan fingerprint density at radius 2 is 1.52 bits per heavy atom. The summed E-state index contributed by atoms with van der Waals surface area (Å²) in [5, 5.41) is 5.05. The molecule has 0 unspecified atom stereocenters. The molecule has 0 radical (unpaired) electrons. The Morgan fingerprint density at radius 1 is 0.800 bits per heavy atom. The first-order valence-electron chi connectivity index (χ1n) is 8.34. The molecule has 3 aromatic rings. The van der Waals surface area contributed by atoms with E-state index < -0.39 is 6.04 Å². The maximum atomic E-state index is 12.6. The maximum Gasteiger partial charge on any atom is 0.325 e.